The van der Waals surface area contributed by atoms with Crippen molar-refractivity contribution in [3.05, 3.63) is 0 Å². The van der Waals surface area contributed by atoms with Gasteiger partial charge in [0.15, 0.2) is 0 Å². The van der Waals surface area contributed by atoms with Gasteiger partial charge in [0.05, 0.1) is 0 Å². The molecule has 0 saturated heterocycles. The van der Waals surface area contributed by atoms with Gasteiger partial charge in [-0.25, -0.2) is 0 Å². The van der Waals surface area contributed by atoms with Gasteiger partial charge in [0.2, 0.25) is 0 Å². The fourth-order valence-corrected chi connectivity index (χ4v) is 3.09. The topological polar surface area (TPSA) is 12.0 Å². The van der Waals surface area contributed by atoms with Crippen LogP contribution in [0.3, 0.4) is 0 Å². The van der Waals surface area contributed by atoms with E-state index in [0.717, 1.165) is 0 Å². The molecule has 0 spiro atoms. The summed E-state index contributed by atoms with van der Waals surface area (Å²) in [6.07, 6.45) is 3.99. The van der Waals surface area contributed by atoms with E-state index in [4.69, 9.17) is 0 Å². The van der Waals surface area contributed by atoms with E-state index in [-0.39, 0.29) is 12.5 Å². The van der Waals surface area contributed by atoms with Gasteiger partial charge in [-0.15, -0.1) is 0 Å². The minimum absolute atomic E-state index is 0.181. The van der Waals surface area contributed by atoms with E-state index >= 15 is 0 Å². The van der Waals surface area contributed by atoms with Gasteiger partial charge < -0.3 is 5.32 Å². The van der Waals surface area contributed by atoms with Crippen LogP contribution in [0.4, 0.5) is 13.2 Å². The summed E-state index contributed by atoms with van der Waals surface area (Å²) >= 11 is 0. The third kappa shape index (κ3) is 7.81. The van der Waals surface area contributed by atoms with E-state index in [1.165, 1.54) is 38.5 Å². The summed E-state index contributed by atoms with van der Waals surface area (Å²) in [5.74, 6) is 0.701. The molecule has 0 aliphatic heterocycles. The molecule has 1 N–H and O–H groups in total. The Morgan fingerprint density at radius 2 is 1.63 bits per heavy atom. The van der Waals surface area contributed by atoms with Gasteiger partial charge in [-0.1, -0.05) is 25.7 Å². The van der Waals surface area contributed by atoms with Crippen LogP contribution in [0, 0.1) is 5.92 Å². The van der Waals surface area contributed by atoms with Crippen molar-refractivity contribution in [3.8, 4) is 0 Å². The van der Waals surface area contributed by atoms with E-state index in [0.29, 0.717) is 18.4 Å². The van der Waals surface area contributed by atoms with Crippen LogP contribution in [0.15, 0.2) is 0 Å². The summed E-state index contributed by atoms with van der Waals surface area (Å²) in [6, 6.07) is 0.611. The van der Waals surface area contributed by atoms with Crippen LogP contribution in [-0.2, 0) is 0 Å². The Morgan fingerprint density at radius 3 is 2.16 bits per heavy atom. The van der Waals surface area contributed by atoms with Gasteiger partial charge in [-0.05, 0) is 45.4 Å². The zero-order valence-corrected chi connectivity index (χ0v) is 12.2. The summed E-state index contributed by atoms with van der Waals surface area (Å²) < 4.78 is 36.3. The van der Waals surface area contributed by atoms with E-state index in [9.17, 15) is 13.2 Å². The lowest BCUT2D eigenvalue weighted by atomic mass is 9.92. The molecule has 1 aliphatic rings. The lowest BCUT2D eigenvalue weighted by molar-refractivity contribution is -0.135. The first-order valence-corrected chi connectivity index (χ1v) is 7.71. The molecule has 4 heteroatoms. The third-order valence-electron chi connectivity index (χ3n) is 4.25. The van der Waals surface area contributed by atoms with E-state index in [1.54, 1.807) is 0 Å². The molecular formula is C15H28F3N. The Morgan fingerprint density at radius 1 is 1.05 bits per heavy atom. The van der Waals surface area contributed by atoms with Crippen LogP contribution in [0.2, 0.25) is 0 Å². The lowest BCUT2D eigenvalue weighted by Crippen LogP contribution is -2.39. The maximum absolute atomic E-state index is 12.1. The summed E-state index contributed by atoms with van der Waals surface area (Å²) in [5.41, 5.74) is 0. The van der Waals surface area contributed by atoms with Crippen molar-refractivity contribution in [2.24, 2.45) is 5.92 Å². The Balaban J connectivity index is 2.20. The molecule has 1 nitrogen and oxygen atoms in total. The highest BCUT2D eigenvalue weighted by Gasteiger charge is 2.26. The number of hydrogen-bond donors (Lipinski definition) is 1. The normalized spacial score (nSPS) is 21.9. The molecule has 0 aromatic rings. The zero-order valence-electron chi connectivity index (χ0n) is 12.2. The van der Waals surface area contributed by atoms with Crippen molar-refractivity contribution in [2.45, 2.75) is 89.9 Å². The summed E-state index contributed by atoms with van der Waals surface area (Å²) in [5, 5.41) is 3.50. The smallest absolute Gasteiger partial charge is 0.312 e. The molecule has 1 unspecified atom stereocenters. The summed E-state index contributed by atoms with van der Waals surface area (Å²) in [7, 11) is 0. The molecular weight excluding hydrogens is 251 g/mol. The Bertz CT molecular complexity index is 232. The quantitative estimate of drug-likeness (QED) is 0.670. The number of hydrogen-bond acceptors (Lipinski definition) is 1. The van der Waals surface area contributed by atoms with Gasteiger partial charge in [0, 0.05) is 18.5 Å². The first kappa shape index (κ1) is 16.8. The van der Waals surface area contributed by atoms with E-state index < -0.39 is 12.6 Å². The molecule has 1 saturated carbocycles. The average molecular weight is 279 g/mol. The van der Waals surface area contributed by atoms with Crippen molar-refractivity contribution in [3.63, 3.8) is 0 Å². The maximum atomic E-state index is 12.1. The van der Waals surface area contributed by atoms with Crippen molar-refractivity contribution in [1.29, 1.82) is 0 Å². The first-order chi connectivity index (χ1) is 8.88. The van der Waals surface area contributed by atoms with Crippen LogP contribution in [0.25, 0.3) is 0 Å². The lowest BCUT2D eigenvalue weighted by Gasteiger charge is -2.27. The molecule has 1 rings (SSSR count). The predicted octanol–water partition coefficient (Wildman–Crippen LogP) is 5.06. The van der Waals surface area contributed by atoms with E-state index in [2.05, 4.69) is 12.2 Å². The molecule has 114 valence electrons. The molecule has 1 aliphatic carbocycles. The van der Waals surface area contributed by atoms with E-state index in [1.807, 2.05) is 6.92 Å². The first-order valence-electron chi connectivity index (χ1n) is 7.71. The van der Waals surface area contributed by atoms with Gasteiger partial charge >= 0.3 is 6.18 Å². The highest BCUT2D eigenvalue weighted by Crippen LogP contribution is 2.26. The fraction of sp³-hybridized carbons (Fsp3) is 1.00. The number of rotatable bonds is 6. The van der Waals surface area contributed by atoms with Gasteiger partial charge in [-0.2, -0.15) is 13.2 Å². The highest BCUT2D eigenvalue weighted by molar-refractivity contribution is 4.77. The molecule has 0 amide bonds. The summed E-state index contributed by atoms with van der Waals surface area (Å²) in [6.45, 7) is 4.19. The van der Waals surface area contributed by atoms with Crippen LogP contribution >= 0.6 is 0 Å². The molecule has 0 aromatic heterocycles. The second kappa shape index (κ2) is 8.13. The minimum atomic E-state index is -4.01. The van der Waals surface area contributed by atoms with Crippen LogP contribution < -0.4 is 5.32 Å². The van der Waals surface area contributed by atoms with Crippen molar-refractivity contribution in [1.82, 2.24) is 5.32 Å². The standard InChI is InChI=1S/C15H28F3N/c1-12(8-7-11-15(16,17)18)19-13(2)14-9-5-3-4-6-10-14/h12-14,19H,3-11H2,1-2H3/t12?,13-/m0/s1. The number of halogens is 3. The largest absolute Gasteiger partial charge is 0.389 e. The van der Waals surface area contributed by atoms with Gasteiger partial charge in [0.25, 0.3) is 0 Å². The van der Waals surface area contributed by atoms with Gasteiger partial charge in [-0.3, -0.25) is 0 Å². The Kier molecular flexibility index (Phi) is 7.19. The number of nitrogens with one attached hydrogen (secondary N) is 1. The zero-order chi connectivity index (χ0) is 14.3. The van der Waals surface area contributed by atoms with Crippen molar-refractivity contribution >= 4 is 0 Å². The molecule has 0 aromatic carbocycles. The van der Waals surface area contributed by atoms with Crippen molar-refractivity contribution in [2.75, 3.05) is 0 Å². The Labute approximate surface area is 115 Å². The molecule has 0 radical (unpaired) electrons. The minimum Gasteiger partial charge on any atom is -0.312 e. The van der Waals surface area contributed by atoms with Crippen LogP contribution in [-0.4, -0.2) is 18.3 Å². The second-order valence-corrected chi connectivity index (χ2v) is 6.12. The van der Waals surface area contributed by atoms with Crippen molar-refractivity contribution < 1.29 is 13.2 Å². The molecule has 2 atom stereocenters. The molecule has 0 heterocycles. The number of alkyl halides is 3. The Hall–Kier alpha value is -0.250. The maximum Gasteiger partial charge on any atom is 0.389 e. The second-order valence-electron chi connectivity index (χ2n) is 6.12. The molecule has 0 bridgehead atoms. The predicted molar refractivity (Wildman–Crippen MR) is 73.2 cm³/mol. The fourth-order valence-electron chi connectivity index (χ4n) is 3.09. The SMILES string of the molecule is CC(CCCC(F)(F)F)N[C@@H](C)C1CCCCCC1. The highest BCUT2D eigenvalue weighted by atomic mass is 19.4. The third-order valence-corrected chi connectivity index (χ3v) is 4.25. The van der Waals surface area contributed by atoms with Crippen LogP contribution in [0.5, 0.6) is 0 Å². The molecule has 1 fully saturated rings. The average Bonchev–Trinajstić information content (AvgIpc) is 2.55. The van der Waals surface area contributed by atoms with Gasteiger partial charge in [0.1, 0.15) is 0 Å². The summed E-state index contributed by atoms with van der Waals surface area (Å²) in [4.78, 5) is 0. The van der Waals surface area contributed by atoms with Crippen LogP contribution in [0.1, 0.15) is 71.6 Å². The monoisotopic (exact) mass is 279 g/mol. The molecule has 19 heavy (non-hydrogen) atoms.